The van der Waals surface area contributed by atoms with Crippen LogP contribution in [0.2, 0.25) is 0 Å². The highest BCUT2D eigenvalue weighted by Gasteiger charge is 2.17. The Morgan fingerprint density at radius 3 is 3.11 bits per heavy atom. The van der Waals surface area contributed by atoms with Gasteiger partial charge in [-0.2, -0.15) is 4.98 Å². The van der Waals surface area contributed by atoms with Gasteiger partial charge >= 0.3 is 0 Å². The summed E-state index contributed by atoms with van der Waals surface area (Å²) in [7, 11) is 1.92. The van der Waals surface area contributed by atoms with Gasteiger partial charge in [0.15, 0.2) is 5.82 Å². The standard InChI is InChI=1S/C13H17N3OS/c1-14-7-6-12-15-13(17-16-12)11-8-9-4-2-3-5-10(9)18-11/h8,14H,2-7H2,1H3. The Hall–Kier alpha value is -1.20. The summed E-state index contributed by atoms with van der Waals surface area (Å²) in [5, 5.41) is 7.10. The van der Waals surface area contributed by atoms with E-state index in [0.717, 1.165) is 23.7 Å². The van der Waals surface area contributed by atoms with Crippen molar-refractivity contribution in [3.63, 3.8) is 0 Å². The summed E-state index contributed by atoms with van der Waals surface area (Å²) in [5.41, 5.74) is 1.48. The monoisotopic (exact) mass is 263 g/mol. The van der Waals surface area contributed by atoms with Crippen LogP contribution in [-0.2, 0) is 19.3 Å². The maximum absolute atomic E-state index is 5.35. The predicted octanol–water partition coefficient (Wildman–Crippen LogP) is 2.44. The van der Waals surface area contributed by atoms with Crippen LogP contribution in [-0.4, -0.2) is 23.7 Å². The fourth-order valence-corrected chi connectivity index (χ4v) is 3.46. The number of hydrogen-bond acceptors (Lipinski definition) is 5. The van der Waals surface area contributed by atoms with Crippen molar-refractivity contribution in [2.24, 2.45) is 0 Å². The lowest BCUT2D eigenvalue weighted by Gasteiger charge is -2.08. The van der Waals surface area contributed by atoms with E-state index in [2.05, 4.69) is 21.5 Å². The van der Waals surface area contributed by atoms with Crippen molar-refractivity contribution in [2.75, 3.05) is 13.6 Å². The molecular weight excluding hydrogens is 246 g/mol. The van der Waals surface area contributed by atoms with Crippen LogP contribution in [0.5, 0.6) is 0 Å². The van der Waals surface area contributed by atoms with E-state index >= 15 is 0 Å². The lowest BCUT2D eigenvalue weighted by molar-refractivity contribution is 0.423. The summed E-state index contributed by atoms with van der Waals surface area (Å²) in [5.74, 6) is 1.46. The van der Waals surface area contributed by atoms with E-state index in [4.69, 9.17) is 4.52 Å². The molecule has 96 valence electrons. The zero-order valence-electron chi connectivity index (χ0n) is 10.5. The van der Waals surface area contributed by atoms with Crippen LogP contribution in [0.3, 0.4) is 0 Å². The Balaban J connectivity index is 1.81. The molecule has 0 unspecified atom stereocenters. The molecule has 1 aliphatic carbocycles. The van der Waals surface area contributed by atoms with Crippen LogP contribution < -0.4 is 5.32 Å². The first-order valence-electron chi connectivity index (χ1n) is 6.46. The molecule has 3 rings (SSSR count). The van der Waals surface area contributed by atoms with Crippen molar-refractivity contribution in [2.45, 2.75) is 32.1 Å². The van der Waals surface area contributed by atoms with Crippen molar-refractivity contribution in [1.29, 1.82) is 0 Å². The first kappa shape index (κ1) is 11.9. The van der Waals surface area contributed by atoms with Gasteiger partial charge < -0.3 is 9.84 Å². The number of fused-ring (bicyclic) bond motifs is 1. The minimum Gasteiger partial charge on any atom is -0.333 e. The number of aryl methyl sites for hydroxylation is 2. The zero-order valence-corrected chi connectivity index (χ0v) is 11.3. The van der Waals surface area contributed by atoms with Crippen LogP contribution in [0.1, 0.15) is 29.1 Å². The van der Waals surface area contributed by atoms with E-state index in [1.807, 2.05) is 18.4 Å². The molecule has 2 aromatic rings. The highest BCUT2D eigenvalue weighted by atomic mass is 32.1. The Morgan fingerprint density at radius 1 is 1.39 bits per heavy atom. The fraction of sp³-hybridized carbons (Fsp3) is 0.538. The zero-order chi connectivity index (χ0) is 12.4. The molecule has 1 aliphatic rings. The number of aromatic nitrogens is 2. The first-order valence-corrected chi connectivity index (χ1v) is 7.27. The van der Waals surface area contributed by atoms with Crippen molar-refractivity contribution < 1.29 is 4.52 Å². The molecule has 0 saturated carbocycles. The Morgan fingerprint density at radius 2 is 2.28 bits per heavy atom. The molecule has 0 atom stereocenters. The van der Waals surface area contributed by atoms with Crippen molar-refractivity contribution in [3.8, 4) is 10.8 Å². The lowest BCUT2D eigenvalue weighted by atomic mass is 9.99. The molecule has 0 fully saturated rings. The number of likely N-dealkylation sites (N-methyl/N-ethyl adjacent to an activating group) is 1. The maximum Gasteiger partial charge on any atom is 0.268 e. The molecule has 0 spiro atoms. The van der Waals surface area contributed by atoms with Crippen LogP contribution in [0.15, 0.2) is 10.6 Å². The second-order valence-corrected chi connectivity index (χ2v) is 5.77. The van der Waals surface area contributed by atoms with Crippen LogP contribution in [0.25, 0.3) is 10.8 Å². The summed E-state index contributed by atoms with van der Waals surface area (Å²) in [4.78, 5) is 7.09. The number of thiophene rings is 1. The summed E-state index contributed by atoms with van der Waals surface area (Å²) in [6, 6.07) is 2.23. The van der Waals surface area contributed by atoms with E-state index in [0.29, 0.717) is 5.89 Å². The molecule has 0 radical (unpaired) electrons. The van der Waals surface area contributed by atoms with Crippen molar-refractivity contribution in [1.82, 2.24) is 15.5 Å². The van der Waals surface area contributed by atoms with Crippen LogP contribution in [0, 0.1) is 0 Å². The Kier molecular flexibility index (Phi) is 3.43. The van der Waals surface area contributed by atoms with Gasteiger partial charge in [0, 0.05) is 17.8 Å². The van der Waals surface area contributed by atoms with E-state index in [1.165, 1.54) is 36.1 Å². The molecule has 18 heavy (non-hydrogen) atoms. The Labute approximate surface area is 110 Å². The second kappa shape index (κ2) is 5.20. The molecule has 4 nitrogen and oxygen atoms in total. The highest BCUT2D eigenvalue weighted by Crippen LogP contribution is 2.34. The van der Waals surface area contributed by atoms with Gasteiger partial charge in [0.05, 0.1) is 4.88 Å². The summed E-state index contributed by atoms with van der Waals surface area (Å²) >= 11 is 1.81. The predicted molar refractivity (Wildman–Crippen MR) is 71.9 cm³/mol. The fourth-order valence-electron chi connectivity index (χ4n) is 2.29. The van der Waals surface area contributed by atoms with Crippen molar-refractivity contribution >= 4 is 11.3 Å². The van der Waals surface area contributed by atoms with E-state index in [-0.39, 0.29) is 0 Å². The average molecular weight is 263 g/mol. The normalized spacial score (nSPS) is 14.7. The van der Waals surface area contributed by atoms with Crippen molar-refractivity contribution in [3.05, 3.63) is 22.3 Å². The van der Waals surface area contributed by atoms with E-state index in [9.17, 15) is 0 Å². The van der Waals surface area contributed by atoms with Gasteiger partial charge in [0.2, 0.25) is 0 Å². The Bertz CT molecular complexity index is 509. The van der Waals surface area contributed by atoms with Gasteiger partial charge in [-0.25, -0.2) is 0 Å². The minimum atomic E-state index is 0.681. The van der Waals surface area contributed by atoms with Gasteiger partial charge in [-0.15, -0.1) is 11.3 Å². The topological polar surface area (TPSA) is 51.0 Å². The van der Waals surface area contributed by atoms with E-state index in [1.54, 1.807) is 0 Å². The second-order valence-electron chi connectivity index (χ2n) is 4.64. The van der Waals surface area contributed by atoms with Crippen LogP contribution >= 0.6 is 11.3 Å². The molecular formula is C13H17N3OS. The quantitative estimate of drug-likeness (QED) is 0.920. The molecule has 0 saturated heterocycles. The van der Waals surface area contributed by atoms with Gasteiger partial charge in [0.25, 0.3) is 5.89 Å². The van der Waals surface area contributed by atoms with Crippen LogP contribution in [0.4, 0.5) is 0 Å². The highest BCUT2D eigenvalue weighted by molar-refractivity contribution is 7.15. The van der Waals surface area contributed by atoms with Gasteiger partial charge in [-0.05, 0) is 44.4 Å². The SMILES string of the molecule is CNCCc1noc(-c2cc3c(s2)CCCC3)n1. The first-order chi connectivity index (χ1) is 8.86. The minimum absolute atomic E-state index is 0.681. The maximum atomic E-state index is 5.35. The van der Waals surface area contributed by atoms with Gasteiger partial charge in [0.1, 0.15) is 0 Å². The van der Waals surface area contributed by atoms with E-state index < -0.39 is 0 Å². The molecule has 1 N–H and O–H groups in total. The number of rotatable bonds is 4. The molecule has 5 heteroatoms. The third kappa shape index (κ3) is 2.33. The van der Waals surface area contributed by atoms with Gasteiger partial charge in [-0.1, -0.05) is 5.16 Å². The third-order valence-corrected chi connectivity index (χ3v) is 4.50. The number of hydrogen-bond donors (Lipinski definition) is 1. The largest absolute Gasteiger partial charge is 0.333 e. The summed E-state index contributed by atoms with van der Waals surface area (Å²) in [6.07, 6.45) is 5.84. The molecule has 2 aromatic heterocycles. The third-order valence-electron chi connectivity index (χ3n) is 3.27. The summed E-state index contributed by atoms with van der Waals surface area (Å²) in [6.45, 7) is 0.875. The molecule has 0 aliphatic heterocycles. The number of nitrogens with zero attached hydrogens (tertiary/aromatic N) is 2. The molecule has 2 heterocycles. The molecule has 0 amide bonds. The average Bonchev–Trinajstić information content (AvgIpc) is 3.02. The number of nitrogens with one attached hydrogen (secondary N) is 1. The molecule has 0 aromatic carbocycles. The molecule has 0 bridgehead atoms. The summed E-state index contributed by atoms with van der Waals surface area (Å²) < 4.78 is 5.35. The van der Waals surface area contributed by atoms with Gasteiger partial charge in [-0.3, -0.25) is 0 Å². The smallest absolute Gasteiger partial charge is 0.268 e. The lowest BCUT2D eigenvalue weighted by Crippen LogP contribution is -2.10.